The monoisotopic (exact) mass is 385 g/mol. The van der Waals surface area contributed by atoms with Crippen LogP contribution in [0.3, 0.4) is 0 Å². The number of thioether (sulfide) groups is 1. The van der Waals surface area contributed by atoms with Gasteiger partial charge in [0.15, 0.2) is 11.9 Å². The van der Waals surface area contributed by atoms with Crippen molar-refractivity contribution in [3.8, 4) is 0 Å². The second-order valence-corrected chi connectivity index (χ2v) is 7.11. The van der Waals surface area contributed by atoms with Gasteiger partial charge in [-0.3, -0.25) is 9.59 Å². The van der Waals surface area contributed by atoms with Gasteiger partial charge in [0, 0.05) is 22.2 Å². The first kappa shape index (κ1) is 20.7. The van der Waals surface area contributed by atoms with Gasteiger partial charge in [0.1, 0.15) is 0 Å². The zero-order chi connectivity index (χ0) is 20.1. The van der Waals surface area contributed by atoms with E-state index in [1.54, 1.807) is 31.7 Å². The van der Waals surface area contributed by atoms with E-state index < -0.39 is 12.1 Å². The van der Waals surface area contributed by atoms with E-state index in [1.165, 1.54) is 19.9 Å². The maximum absolute atomic E-state index is 12.6. The van der Waals surface area contributed by atoms with Crippen LogP contribution in [0, 0.1) is 13.8 Å². The summed E-state index contributed by atoms with van der Waals surface area (Å²) in [4.78, 5) is 40.4. The first-order chi connectivity index (χ1) is 12.7. The summed E-state index contributed by atoms with van der Waals surface area (Å²) in [6.45, 7) is 6.42. The van der Waals surface area contributed by atoms with Crippen molar-refractivity contribution in [1.29, 1.82) is 0 Å². The Balaban J connectivity index is 2.05. The van der Waals surface area contributed by atoms with Crippen LogP contribution in [0.15, 0.2) is 35.2 Å². The molecule has 5 nitrogen and oxygen atoms in total. The van der Waals surface area contributed by atoms with Crippen LogP contribution in [0.4, 0.5) is 0 Å². The number of carbonyl (C=O) groups is 3. The van der Waals surface area contributed by atoms with Crippen molar-refractivity contribution in [2.24, 2.45) is 0 Å². The molecule has 0 bridgehead atoms. The molecule has 1 aromatic heterocycles. The summed E-state index contributed by atoms with van der Waals surface area (Å²) < 4.78 is 5.21. The van der Waals surface area contributed by atoms with Gasteiger partial charge in [-0.1, -0.05) is 12.1 Å². The Morgan fingerprint density at radius 1 is 1.15 bits per heavy atom. The van der Waals surface area contributed by atoms with Gasteiger partial charge in [0.05, 0.1) is 5.69 Å². The second-order valence-electron chi connectivity index (χ2n) is 6.23. The van der Waals surface area contributed by atoms with Crippen LogP contribution in [-0.4, -0.2) is 34.9 Å². The first-order valence-electron chi connectivity index (χ1n) is 8.51. The zero-order valence-corrected chi connectivity index (χ0v) is 16.9. The van der Waals surface area contributed by atoms with Gasteiger partial charge in [-0.05, 0) is 63.3 Å². The zero-order valence-electron chi connectivity index (χ0n) is 16.1. The predicted molar refractivity (Wildman–Crippen MR) is 107 cm³/mol. The standard InChI is InChI=1S/C21H23NO4S/c1-12-19(14(3)23)13(2)22-20(12)21(25)15(4)26-18(24)11-8-16-6-9-17(27-5)10-7-16/h6-11,15,22H,1-5H3/b11-8+/t15-/m1/s1. The molecule has 6 heteroatoms. The minimum Gasteiger partial charge on any atom is -0.451 e. The van der Waals surface area contributed by atoms with E-state index in [1.807, 2.05) is 30.5 Å². The highest BCUT2D eigenvalue weighted by molar-refractivity contribution is 7.98. The fourth-order valence-electron chi connectivity index (χ4n) is 2.87. The maximum Gasteiger partial charge on any atom is 0.331 e. The summed E-state index contributed by atoms with van der Waals surface area (Å²) in [7, 11) is 0. The lowest BCUT2D eigenvalue weighted by Crippen LogP contribution is -2.24. The van der Waals surface area contributed by atoms with Gasteiger partial charge < -0.3 is 9.72 Å². The Morgan fingerprint density at radius 3 is 2.30 bits per heavy atom. The molecule has 2 aromatic rings. The Hall–Kier alpha value is -2.60. The Bertz CT molecular complexity index is 894. The first-order valence-corrected chi connectivity index (χ1v) is 9.74. The molecular weight excluding hydrogens is 362 g/mol. The SMILES string of the molecule is CSc1ccc(/C=C/C(=O)O[C@H](C)C(=O)c2[nH]c(C)c(C(C)=O)c2C)cc1. The fraction of sp³-hybridized carbons (Fsp3) is 0.286. The summed E-state index contributed by atoms with van der Waals surface area (Å²) in [5, 5.41) is 0. The lowest BCUT2D eigenvalue weighted by molar-refractivity contribution is -0.140. The molecule has 0 radical (unpaired) electrons. The lowest BCUT2D eigenvalue weighted by atomic mass is 10.0. The number of nitrogens with one attached hydrogen (secondary N) is 1. The van der Waals surface area contributed by atoms with Crippen LogP contribution in [0.5, 0.6) is 0 Å². The van der Waals surface area contributed by atoms with Crippen molar-refractivity contribution < 1.29 is 19.1 Å². The summed E-state index contributed by atoms with van der Waals surface area (Å²) in [5.41, 5.74) is 2.89. The van der Waals surface area contributed by atoms with E-state index in [0.717, 1.165) is 10.5 Å². The van der Waals surface area contributed by atoms with E-state index in [4.69, 9.17) is 4.74 Å². The number of esters is 1. The molecule has 0 aliphatic carbocycles. The topological polar surface area (TPSA) is 76.2 Å². The van der Waals surface area contributed by atoms with Crippen molar-refractivity contribution in [3.05, 3.63) is 58.4 Å². The Morgan fingerprint density at radius 2 is 1.78 bits per heavy atom. The molecule has 1 heterocycles. The molecule has 0 aliphatic heterocycles. The average molecular weight is 385 g/mol. The molecule has 2 rings (SSSR count). The summed E-state index contributed by atoms with van der Waals surface area (Å²) in [5.74, 6) is -1.08. The molecule has 1 aromatic carbocycles. The molecule has 0 saturated heterocycles. The van der Waals surface area contributed by atoms with Crippen molar-refractivity contribution in [1.82, 2.24) is 4.98 Å². The molecule has 0 aliphatic rings. The van der Waals surface area contributed by atoms with Gasteiger partial charge in [-0.15, -0.1) is 11.8 Å². The second kappa shape index (κ2) is 8.86. The smallest absolute Gasteiger partial charge is 0.331 e. The van der Waals surface area contributed by atoms with Crippen LogP contribution in [0.2, 0.25) is 0 Å². The van der Waals surface area contributed by atoms with Crippen molar-refractivity contribution in [3.63, 3.8) is 0 Å². The average Bonchev–Trinajstić information content (AvgIpc) is 2.94. The summed E-state index contributed by atoms with van der Waals surface area (Å²) in [6, 6.07) is 7.73. The largest absolute Gasteiger partial charge is 0.451 e. The van der Waals surface area contributed by atoms with Crippen LogP contribution in [-0.2, 0) is 9.53 Å². The number of H-pyrrole nitrogens is 1. The van der Waals surface area contributed by atoms with Gasteiger partial charge in [-0.2, -0.15) is 0 Å². The summed E-state index contributed by atoms with van der Waals surface area (Å²) >= 11 is 1.64. The summed E-state index contributed by atoms with van der Waals surface area (Å²) in [6.07, 6.45) is 3.97. The minimum absolute atomic E-state index is 0.111. The molecule has 142 valence electrons. The number of aryl methyl sites for hydroxylation is 1. The van der Waals surface area contributed by atoms with Crippen molar-refractivity contribution in [2.45, 2.75) is 38.7 Å². The number of hydrogen-bond donors (Lipinski definition) is 1. The van der Waals surface area contributed by atoms with Gasteiger partial charge in [0.2, 0.25) is 5.78 Å². The van der Waals surface area contributed by atoms with Gasteiger partial charge in [0.25, 0.3) is 0 Å². The molecule has 27 heavy (non-hydrogen) atoms. The minimum atomic E-state index is -0.961. The number of Topliss-reactive ketones (excluding diaryl/α,β-unsaturated/α-hetero) is 2. The van der Waals surface area contributed by atoms with E-state index in [0.29, 0.717) is 22.5 Å². The van der Waals surface area contributed by atoms with E-state index in [-0.39, 0.29) is 11.6 Å². The number of carbonyl (C=O) groups excluding carboxylic acids is 3. The highest BCUT2D eigenvalue weighted by Crippen LogP contribution is 2.20. The Kier molecular flexibility index (Phi) is 6.80. The van der Waals surface area contributed by atoms with Crippen molar-refractivity contribution >= 4 is 35.4 Å². The molecule has 1 N–H and O–H groups in total. The van der Waals surface area contributed by atoms with Crippen molar-refractivity contribution in [2.75, 3.05) is 6.26 Å². The number of benzene rings is 1. The van der Waals surface area contributed by atoms with E-state index >= 15 is 0 Å². The maximum atomic E-state index is 12.6. The predicted octanol–water partition coefficient (Wildman–Crippen LogP) is 4.38. The number of ketones is 2. The van der Waals surface area contributed by atoms with Crippen LogP contribution in [0.1, 0.15) is 51.5 Å². The van der Waals surface area contributed by atoms with Gasteiger partial charge >= 0.3 is 5.97 Å². The quantitative estimate of drug-likeness (QED) is 0.331. The third-order valence-corrected chi connectivity index (χ3v) is 4.97. The number of hydrogen-bond acceptors (Lipinski definition) is 5. The molecule has 0 amide bonds. The highest BCUT2D eigenvalue weighted by atomic mass is 32.2. The van der Waals surface area contributed by atoms with Gasteiger partial charge in [-0.25, -0.2) is 4.79 Å². The van der Waals surface area contributed by atoms with Crippen LogP contribution < -0.4 is 0 Å². The third kappa shape index (κ3) is 4.98. The highest BCUT2D eigenvalue weighted by Gasteiger charge is 2.25. The Labute approximate surface area is 163 Å². The molecule has 0 spiro atoms. The van der Waals surface area contributed by atoms with Crippen LogP contribution in [0.25, 0.3) is 6.08 Å². The molecule has 0 unspecified atom stereocenters. The molecule has 0 fully saturated rings. The number of rotatable bonds is 7. The lowest BCUT2D eigenvalue weighted by Gasteiger charge is -2.10. The van der Waals surface area contributed by atoms with E-state index in [2.05, 4.69) is 4.98 Å². The van der Waals surface area contributed by atoms with E-state index in [9.17, 15) is 14.4 Å². The number of ether oxygens (including phenoxy) is 1. The molecule has 0 saturated carbocycles. The normalized spacial score (nSPS) is 12.2. The number of aromatic amines is 1. The fourth-order valence-corrected chi connectivity index (χ4v) is 3.28. The molecular formula is C21H23NO4S. The number of aromatic nitrogens is 1. The third-order valence-electron chi connectivity index (χ3n) is 4.23. The van der Waals surface area contributed by atoms with Crippen LogP contribution >= 0.6 is 11.8 Å². The molecule has 1 atom stereocenters.